The number of rotatable bonds is 3. The summed E-state index contributed by atoms with van der Waals surface area (Å²) in [5.41, 5.74) is 3.57. The van der Waals surface area contributed by atoms with Crippen LogP contribution in [0.4, 0.5) is 22.4 Å². The van der Waals surface area contributed by atoms with Crippen molar-refractivity contribution in [3.8, 4) is 17.2 Å². The summed E-state index contributed by atoms with van der Waals surface area (Å²) in [5, 5.41) is 9.24. The Morgan fingerprint density at radius 2 is 1.73 bits per heavy atom. The fraction of sp³-hybridized carbons (Fsp3) is 0.233. The minimum absolute atomic E-state index is 0.0759. The number of alkyl halides is 3. The van der Waals surface area contributed by atoms with Gasteiger partial charge >= 0.3 is 12.2 Å². The maximum Gasteiger partial charge on any atom is 0.419 e. The Morgan fingerprint density at radius 1 is 1.02 bits per heavy atom. The highest BCUT2D eigenvalue weighted by Crippen LogP contribution is 2.36. The number of hydrogen-bond acceptors (Lipinski definition) is 3. The molecule has 1 saturated heterocycles. The molecule has 1 aliphatic rings. The molecular formula is C30H25F4N5O. The van der Waals surface area contributed by atoms with E-state index in [1.165, 1.54) is 4.90 Å². The highest BCUT2D eigenvalue weighted by molar-refractivity contribution is 5.86. The maximum absolute atomic E-state index is 14.3. The molecule has 2 heterocycles. The SMILES string of the molecule is CN(C)C(=O)N1CCC(=C(c2ccc(-c3cccc(C#N)c3)cc2)c2nc3cc(F)c(C(F)(F)F)cc3[nH]2)CC1. The maximum atomic E-state index is 14.3. The Balaban J connectivity index is 1.58. The number of H-pyrrole nitrogens is 1. The number of likely N-dealkylation sites (tertiary alicyclic amines) is 1. The van der Waals surface area contributed by atoms with Crippen molar-refractivity contribution in [3.63, 3.8) is 0 Å². The topological polar surface area (TPSA) is 76.0 Å². The normalized spacial score (nSPS) is 13.8. The van der Waals surface area contributed by atoms with Crippen LogP contribution < -0.4 is 0 Å². The third-order valence-electron chi connectivity index (χ3n) is 6.99. The van der Waals surface area contributed by atoms with E-state index in [1.807, 2.05) is 30.3 Å². The van der Waals surface area contributed by atoms with Crippen LogP contribution in [0.2, 0.25) is 0 Å². The molecule has 10 heteroatoms. The van der Waals surface area contributed by atoms with Gasteiger partial charge in [-0.2, -0.15) is 18.4 Å². The van der Waals surface area contributed by atoms with Crippen LogP contribution in [0.1, 0.15) is 35.4 Å². The molecule has 0 unspecified atom stereocenters. The van der Waals surface area contributed by atoms with Gasteiger partial charge in [-0.1, -0.05) is 42.0 Å². The van der Waals surface area contributed by atoms with E-state index in [-0.39, 0.29) is 17.1 Å². The average Bonchev–Trinajstić information content (AvgIpc) is 3.34. The summed E-state index contributed by atoms with van der Waals surface area (Å²) in [4.78, 5) is 23.2. The Kier molecular flexibility index (Phi) is 7.06. The predicted molar refractivity (Wildman–Crippen MR) is 144 cm³/mol. The predicted octanol–water partition coefficient (Wildman–Crippen LogP) is 6.84. The molecule has 204 valence electrons. The van der Waals surface area contributed by atoms with Crippen molar-refractivity contribution in [1.82, 2.24) is 19.8 Å². The van der Waals surface area contributed by atoms with Gasteiger partial charge in [0.05, 0.1) is 28.2 Å². The van der Waals surface area contributed by atoms with Crippen molar-refractivity contribution in [2.24, 2.45) is 0 Å². The van der Waals surface area contributed by atoms with Gasteiger partial charge < -0.3 is 14.8 Å². The number of hydrogen-bond donors (Lipinski definition) is 1. The van der Waals surface area contributed by atoms with Gasteiger partial charge in [0, 0.05) is 38.8 Å². The number of nitrogens with one attached hydrogen (secondary N) is 1. The second kappa shape index (κ2) is 10.5. The number of benzene rings is 3. The largest absolute Gasteiger partial charge is 0.419 e. The number of fused-ring (bicyclic) bond motifs is 1. The number of amides is 2. The van der Waals surface area contributed by atoms with Crippen LogP contribution in [0, 0.1) is 17.1 Å². The van der Waals surface area contributed by atoms with Crippen molar-refractivity contribution in [2.45, 2.75) is 19.0 Å². The Bertz CT molecular complexity index is 1650. The van der Waals surface area contributed by atoms with Crippen LogP contribution in [0.25, 0.3) is 27.7 Å². The first-order valence-corrected chi connectivity index (χ1v) is 12.6. The van der Waals surface area contributed by atoms with E-state index in [2.05, 4.69) is 16.0 Å². The summed E-state index contributed by atoms with van der Waals surface area (Å²) in [6.07, 6.45) is -3.75. The average molecular weight is 548 g/mol. The van der Waals surface area contributed by atoms with Crippen molar-refractivity contribution in [3.05, 3.63) is 94.6 Å². The fourth-order valence-corrected chi connectivity index (χ4v) is 4.97. The Morgan fingerprint density at radius 3 is 2.35 bits per heavy atom. The molecule has 1 N–H and O–H groups in total. The molecule has 4 aromatic rings. The third-order valence-corrected chi connectivity index (χ3v) is 6.99. The summed E-state index contributed by atoms with van der Waals surface area (Å²) in [5.74, 6) is -1.05. The van der Waals surface area contributed by atoms with E-state index in [9.17, 15) is 27.6 Å². The summed E-state index contributed by atoms with van der Waals surface area (Å²) in [6, 6.07) is 18.4. The van der Waals surface area contributed by atoms with Gasteiger partial charge in [0.25, 0.3) is 0 Å². The first-order chi connectivity index (χ1) is 19.0. The van der Waals surface area contributed by atoms with E-state index < -0.39 is 17.6 Å². The van der Waals surface area contributed by atoms with Gasteiger partial charge in [0.15, 0.2) is 0 Å². The minimum Gasteiger partial charge on any atom is -0.338 e. The molecule has 0 saturated carbocycles. The van der Waals surface area contributed by atoms with E-state index in [0.717, 1.165) is 34.4 Å². The van der Waals surface area contributed by atoms with Crippen LogP contribution in [0.15, 0.2) is 66.2 Å². The number of aromatic amines is 1. The zero-order chi connectivity index (χ0) is 28.6. The number of imidazole rings is 1. The van der Waals surface area contributed by atoms with Gasteiger partial charge in [-0.15, -0.1) is 0 Å². The van der Waals surface area contributed by atoms with E-state index in [0.29, 0.717) is 42.9 Å². The summed E-state index contributed by atoms with van der Waals surface area (Å²) < 4.78 is 54.3. The van der Waals surface area contributed by atoms with Crippen LogP contribution >= 0.6 is 0 Å². The van der Waals surface area contributed by atoms with Gasteiger partial charge in [-0.25, -0.2) is 14.2 Å². The molecule has 0 aliphatic carbocycles. The van der Waals surface area contributed by atoms with E-state index in [4.69, 9.17) is 0 Å². The van der Waals surface area contributed by atoms with Crippen molar-refractivity contribution >= 4 is 22.6 Å². The lowest BCUT2D eigenvalue weighted by atomic mass is 9.91. The first-order valence-electron chi connectivity index (χ1n) is 12.6. The number of nitriles is 1. The number of piperidine rings is 1. The summed E-state index contributed by atoms with van der Waals surface area (Å²) >= 11 is 0. The van der Waals surface area contributed by atoms with Crippen molar-refractivity contribution in [1.29, 1.82) is 5.26 Å². The molecule has 0 spiro atoms. The van der Waals surface area contributed by atoms with Crippen LogP contribution in [0.3, 0.4) is 0 Å². The molecule has 6 nitrogen and oxygen atoms in total. The Labute approximate surface area is 228 Å². The molecule has 1 aliphatic heterocycles. The zero-order valence-electron chi connectivity index (χ0n) is 21.8. The molecule has 0 radical (unpaired) electrons. The van der Waals surface area contributed by atoms with E-state index >= 15 is 0 Å². The highest BCUT2D eigenvalue weighted by atomic mass is 19.4. The Hall–Kier alpha value is -4.65. The summed E-state index contributed by atoms with van der Waals surface area (Å²) in [7, 11) is 3.38. The number of carbonyl (C=O) groups is 1. The first kappa shape index (κ1) is 26.9. The van der Waals surface area contributed by atoms with Crippen molar-refractivity contribution in [2.75, 3.05) is 27.2 Å². The second-order valence-electron chi connectivity index (χ2n) is 9.84. The highest BCUT2D eigenvalue weighted by Gasteiger charge is 2.35. The van der Waals surface area contributed by atoms with Crippen LogP contribution in [-0.4, -0.2) is 53.0 Å². The van der Waals surface area contributed by atoms with Crippen LogP contribution in [-0.2, 0) is 6.18 Å². The molecular weight excluding hydrogens is 522 g/mol. The number of nitrogens with zero attached hydrogens (tertiary/aromatic N) is 4. The smallest absolute Gasteiger partial charge is 0.338 e. The van der Waals surface area contributed by atoms with Gasteiger partial charge in [0.2, 0.25) is 0 Å². The number of carbonyl (C=O) groups excluding carboxylic acids is 1. The molecule has 1 fully saturated rings. The molecule has 1 aromatic heterocycles. The number of urea groups is 1. The van der Waals surface area contributed by atoms with E-state index in [1.54, 1.807) is 37.2 Å². The quantitative estimate of drug-likeness (QED) is 0.286. The molecule has 0 atom stereocenters. The molecule has 3 aromatic carbocycles. The molecule has 0 bridgehead atoms. The summed E-state index contributed by atoms with van der Waals surface area (Å²) in [6.45, 7) is 0.948. The van der Waals surface area contributed by atoms with Crippen molar-refractivity contribution < 1.29 is 22.4 Å². The van der Waals surface area contributed by atoms with Crippen LogP contribution in [0.5, 0.6) is 0 Å². The third kappa shape index (κ3) is 5.27. The lowest BCUT2D eigenvalue weighted by molar-refractivity contribution is -0.139. The molecule has 5 rings (SSSR count). The molecule has 40 heavy (non-hydrogen) atoms. The zero-order valence-corrected chi connectivity index (χ0v) is 21.8. The second-order valence-corrected chi connectivity index (χ2v) is 9.84. The van der Waals surface area contributed by atoms with Gasteiger partial charge in [-0.05, 0) is 47.7 Å². The molecule has 2 amide bonds. The lowest BCUT2D eigenvalue weighted by Gasteiger charge is -2.31. The minimum atomic E-state index is -4.84. The fourth-order valence-electron chi connectivity index (χ4n) is 4.97. The number of aromatic nitrogens is 2. The van der Waals surface area contributed by atoms with Gasteiger partial charge in [0.1, 0.15) is 11.6 Å². The number of halogens is 4. The van der Waals surface area contributed by atoms with Gasteiger partial charge in [-0.3, -0.25) is 0 Å². The standard InChI is InChI=1S/C30H25F4N5O/c1-38(2)29(40)39-12-10-21(11-13-39)27(20-8-6-19(7-9-20)22-5-3-4-18(14-22)17-35)28-36-25-15-23(30(32,33)34)24(31)16-26(25)37-28/h3-9,14-16H,10-13H2,1-2H3,(H,36,37). The monoisotopic (exact) mass is 547 g/mol. The lowest BCUT2D eigenvalue weighted by Crippen LogP contribution is -2.42.